The van der Waals surface area contributed by atoms with Crippen LogP contribution in [0.2, 0.25) is 0 Å². The molecule has 1 N–H and O–H groups in total. The third kappa shape index (κ3) is 3.57. The lowest BCUT2D eigenvalue weighted by molar-refractivity contribution is 0.0971. The number of hydrogen-bond donors (Lipinski definition) is 1. The molecule has 3 heteroatoms. The molecule has 1 aliphatic heterocycles. The standard InChI is InChI=1S/C15H21NO2/c1-11(2)18-14-7-5-12(6-8-14)15(17)10-13-4-3-9-16-13/h5-8,11,13,16H,3-4,9-10H2,1-2H3. The SMILES string of the molecule is CC(C)Oc1ccc(C(=O)CC2CCCN2)cc1. The van der Waals surface area contributed by atoms with Crippen molar-refractivity contribution in [3.05, 3.63) is 29.8 Å². The van der Waals surface area contributed by atoms with Crippen LogP contribution in [0.25, 0.3) is 0 Å². The molecule has 1 aliphatic rings. The normalized spacial score (nSPS) is 19.2. The van der Waals surface area contributed by atoms with Gasteiger partial charge in [0.15, 0.2) is 5.78 Å². The summed E-state index contributed by atoms with van der Waals surface area (Å²) in [4.78, 5) is 12.1. The van der Waals surface area contributed by atoms with Gasteiger partial charge in [-0.05, 0) is 57.5 Å². The Balaban J connectivity index is 1.93. The van der Waals surface area contributed by atoms with Crippen LogP contribution in [0.5, 0.6) is 5.75 Å². The van der Waals surface area contributed by atoms with Crippen molar-refractivity contribution in [3.63, 3.8) is 0 Å². The lowest BCUT2D eigenvalue weighted by atomic mass is 10.0. The fraction of sp³-hybridized carbons (Fsp3) is 0.533. The fourth-order valence-electron chi connectivity index (χ4n) is 2.26. The number of ether oxygens (including phenoxy) is 1. The molecular formula is C15H21NO2. The highest BCUT2D eigenvalue weighted by atomic mass is 16.5. The van der Waals surface area contributed by atoms with Gasteiger partial charge >= 0.3 is 0 Å². The third-order valence-corrected chi connectivity index (χ3v) is 3.14. The molecule has 1 atom stereocenters. The molecule has 1 aromatic carbocycles. The number of ketones is 1. The van der Waals surface area contributed by atoms with Crippen LogP contribution < -0.4 is 10.1 Å². The Hall–Kier alpha value is -1.35. The maximum absolute atomic E-state index is 12.1. The van der Waals surface area contributed by atoms with Gasteiger partial charge in [-0.3, -0.25) is 4.79 Å². The predicted molar refractivity (Wildman–Crippen MR) is 72.2 cm³/mol. The molecule has 3 nitrogen and oxygen atoms in total. The number of nitrogens with one attached hydrogen (secondary N) is 1. The Morgan fingerprint density at radius 2 is 2.11 bits per heavy atom. The van der Waals surface area contributed by atoms with E-state index in [0.29, 0.717) is 12.5 Å². The van der Waals surface area contributed by atoms with Gasteiger partial charge in [0.05, 0.1) is 6.10 Å². The van der Waals surface area contributed by atoms with Gasteiger partial charge in [0.1, 0.15) is 5.75 Å². The molecule has 1 heterocycles. The molecule has 1 saturated heterocycles. The molecule has 0 spiro atoms. The maximum Gasteiger partial charge on any atom is 0.164 e. The van der Waals surface area contributed by atoms with Crippen molar-refractivity contribution < 1.29 is 9.53 Å². The molecule has 1 aromatic rings. The summed E-state index contributed by atoms with van der Waals surface area (Å²) in [5, 5.41) is 3.35. The highest BCUT2D eigenvalue weighted by molar-refractivity contribution is 5.96. The average molecular weight is 247 g/mol. The highest BCUT2D eigenvalue weighted by Gasteiger charge is 2.18. The Bertz CT molecular complexity index is 391. The quantitative estimate of drug-likeness (QED) is 0.813. The summed E-state index contributed by atoms with van der Waals surface area (Å²) in [5.41, 5.74) is 0.778. The number of carbonyl (C=O) groups excluding carboxylic acids is 1. The zero-order valence-corrected chi connectivity index (χ0v) is 11.1. The third-order valence-electron chi connectivity index (χ3n) is 3.14. The van der Waals surface area contributed by atoms with Gasteiger partial charge in [0.2, 0.25) is 0 Å². The van der Waals surface area contributed by atoms with E-state index in [1.165, 1.54) is 6.42 Å². The summed E-state index contributed by atoms with van der Waals surface area (Å²) in [6, 6.07) is 7.82. The summed E-state index contributed by atoms with van der Waals surface area (Å²) in [6.45, 7) is 5.02. The van der Waals surface area contributed by atoms with Gasteiger partial charge < -0.3 is 10.1 Å². The van der Waals surface area contributed by atoms with Gasteiger partial charge in [0.25, 0.3) is 0 Å². The van der Waals surface area contributed by atoms with Crippen molar-refractivity contribution in [1.29, 1.82) is 0 Å². The first kappa shape index (κ1) is 13.1. The molecule has 2 rings (SSSR count). The van der Waals surface area contributed by atoms with E-state index in [2.05, 4.69) is 5.32 Å². The molecule has 1 fully saturated rings. The number of carbonyl (C=O) groups is 1. The van der Waals surface area contributed by atoms with Gasteiger partial charge in [0, 0.05) is 18.0 Å². The lowest BCUT2D eigenvalue weighted by Gasteiger charge is -2.11. The number of Topliss-reactive ketones (excluding diaryl/α,β-unsaturated/α-hetero) is 1. The van der Waals surface area contributed by atoms with Gasteiger partial charge in [-0.2, -0.15) is 0 Å². The molecule has 0 saturated carbocycles. The Morgan fingerprint density at radius 1 is 1.39 bits per heavy atom. The number of hydrogen-bond acceptors (Lipinski definition) is 3. The van der Waals surface area contributed by atoms with Gasteiger partial charge in [-0.15, -0.1) is 0 Å². The monoisotopic (exact) mass is 247 g/mol. The molecule has 98 valence electrons. The second-order valence-corrected chi connectivity index (χ2v) is 5.11. The van der Waals surface area contributed by atoms with Crippen LogP contribution in [0.3, 0.4) is 0 Å². The topological polar surface area (TPSA) is 38.3 Å². The lowest BCUT2D eigenvalue weighted by Crippen LogP contribution is -2.24. The summed E-state index contributed by atoms with van der Waals surface area (Å²) in [7, 11) is 0. The molecule has 0 radical (unpaired) electrons. The Labute approximate surface area is 109 Å². The number of rotatable bonds is 5. The van der Waals surface area contributed by atoms with Crippen LogP contribution in [0.1, 0.15) is 43.5 Å². The summed E-state index contributed by atoms with van der Waals surface area (Å²) >= 11 is 0. The molecule has 0 aliphatic carbocycles. The zero-order valence-electron chi connectivity index (χ0n) is 11.1. The van der Waals surface area contributed by atoms with E-state index < -0.39 is 0 Å². The van der Waals surface area contributed by atoms with E-state index in [1.54, 1.807) is 0 Å². The van der Waals surface area contributed by atoms with Gasteiger partial charge in [-0.25, -0.2) is 0 Å². The Kier molecular flexibility index (Phi) is 4.37. The van der Waals surface area contributed by atoms with Crippen LogP contribution in [-0.2, 0) is 0 Å². The van der Waals surface area contributed by atoms with Crippen molar-refractivity contribution >= 4 is 5.78 Å². The predicted octanol–water partition coefficient (Wildman–Crippen LogP) is 2.80. The van der Waals surface area contributed by atoms with Crippen LogP contribution >= 0.6 is 0 Å². The fourth-order valence-corrected chi connectivity index (χ4v) is 2.26. The number of benzene rings is 1. The van der Waals surface area contributed by atoms with E-state index in [-0.39, 0.29) is 11.9 Å². The summed E-state index contributed by atoms with van der Waals surface area (Å²) in [5.74, 6) is 1.03. The molecular weight excluding hydrogens is 226 g/mol. The largest absolute Gasteiger partial charge is 0.491 e. The van der Waals surface area contributed by atoms with Crippen molar-refractivity contribution in [2.75, 3.05) is 6.54 Å². The Morgan fingerprint density at radius 3 is 2.67 bits per heavy atom. The van der Waals surface area contributed by atoms with Crippen molar-refractivity contribution in [3.8, 4) is 5.75 Å². The van der Waals surface area contributed by atoms with Crippen LogP contribution in [0.4, 0.5) is 0 Å². The minimum atomic E-state index is 0.161. The first-order valence-electron chi connectivity index (χ1n) is 6.68. The summed E-state index contributed by atoms with van der Waals surface area (Å²) in [6.07, 6.45) is 3.05. The molecule has 0 bridgehead atoms. The van der Waals surface area contributed by atoms with Crippen LogP contribution in [-0.4, -0.2) is 24.5 Å². The molecule has 1 unspecified atom stereocenters. The highest BCUT2D eigenvalue weighted by Crippen LogP contribution is 2.17. The van der Waals surface area contributed by atoms with E-state index in [4.69, 9.17) is 4.74 Å². The smallest absolute Gasteiger partial charge is 0.164 e. The van der Waals surface area contributed by atoms with Gasteiger partial charge in [-0.1, -0.05) is 0 Å². The van der Waals surface area contributed by atoms with E-state index >= 15 is 0 Å². The van der Waals surface area contributed by atoms with Crippen molar-refractivity contribution in [2.24, 2.45) is 0 Å². The average Bonchev–Trinajstić information content (AvgIpc) is 2.82. The molecule has 18 heavy (non-hydrogen) atoms. The minimum absolute atomic E-state index is 0.161. The molecule has 0 aromatic heterocycles. The van der Waals surface area contributed by atoms with E-state index in [0.717, 1.165) is 24.3 Å². The molecule has 0 amide bonds. The van der Waals surface area contributed by atoms with Crippen molar-refractivity contribution in [2.45, 2.75) is 45.3 Å². The maximum atomic E-state index is 12.1. The second kappa shape index (κ2) is 6.01. The zero-order chi connectivity index (χ0) is 13.0. The van der Waals surface area contributed by atoms with Crippen molar-refractivity contribution in [1.82, 2.24) is 5.32 Å². The van der Waals surface area contributed by atoms with Crippen LogP contribution in [0.15, 0.2) is 24.3 Å². The first-order chi connectivity index (χ1) is 8.65. The first-order valence-corrected chi connectivity index (χ1v) is 6.68. The van der Waals surface area contributed by atoms with E-state index in [1.807, 2.05) is 38.1 Å². The minimum Gasteiger partial charge on any atom is -0.491 e. The second-order valence-electron chi connectivity index (χ2n) is 5.11. The van der Waals surface area contributed by atoms with E-state index in [9.17, 15) is 4.79 Å². The van der Waals surface area contributed by atoms with Crippen LogP contribution in [0, 0.1) is 0 Å². The summed E-state index contributed by atoms with van der Waals surface area (Å²) < 4.78 is 5.56.